The van der Waals surface area contributed by atoms with Crippen LogP contribution in [0.1, 0.15) is 41.0 Å². The second kappa shape index (κ2) is 12.9. The number of H-pyrrole nitrogens is 1. The van der Waals surface area contributed by atoms with Crippen molar-refractivity contribution in [1.82, 2.24) is 19.9 Å². The maximum absolute atomic E-state index is 13.4. The Morgan fingerprint density at radius 3 is 2.09 bits per heavy atom. The summed E-state index contributed by atoms with van der Waals surface area (Å²) in [5, 5.41) is 14.2. The van der Waals surface area contributed by atoms with E-state index in [4.69, 9.17) is 19.8 Å². The molecular formula is C26H23F6N5O6. The molecule has 3 aromatic rings. The van der Waals surface area contributed by atoms with Gasteiger partial charge in [0.25, 0.3) is 0 Å². The molecule has 0 saturated carbocycles. The summed E-state index contributed by atoms with van der Waals surface area (Å²) in [6, 6.07) is 13.0. The van der Waals surface area contributed by atoms with Crippen LogP contribution in [0.25, 0.3) is 0 Å². The minimum absolute atomic E-state index is 0.0357. The van der Waals surface area contributed by atoms with E-state index in [9.17, 15) is 35.9 Å². The fraction of sp³-hybridized carbons (Fsp3) is 0.308. The van der Waals surface area contributed by atoms with Gasteiger partial charge in [0.1, 0.15) is 6.04 Å². The maximum atomic E-state index is 13.4. The van der Waals surface area contributed by atoms with Crippen molar-refractivity contribution in [3.8, 4) is 0 Å². The lowest BCUT2D eigenvalue weighted by molar-refractivity contribution is -0.193. The Kier molecular flexibility index (Phi) is 9.78. The summed E-state index contributed by atoms with van der Waals surface area (Å²) in [6.45, 7) is 0.563. The topological polar surface area (TPSA) is 157 Å². The van der Waals surface area contributed by atoms with E-state index in [-0.39, 0.29) is 24.3 Å². The SMILES string of the molecule is CN1C(=O)C(CC(=O)N2CCc3[nH]cnc3C2c2ccccn2)c2ccccc21.O=C(O)C(F)(F)F.O=C(O)C(F)(F)F. The predicted molar refractivity (Wildman–Crippen MR) is 135 cm³/mol. The molecule has 0 radical (unpaired) electrons. The van der Waals surface area contributed by atoms with Gasteiger partial charge in [0.15, 0.2) is 0 Å². The number of para-hydroxylation sites is 1. The maximum Gasteiger partial charge on any atom is 0.490 e. The molecule has 2 aromatic heterocycles. The number of halogens is 6. The Morgan fingerprint density at radius 2 is 1.53 bits per heavy atom. The summed E-state index contributed by atoms with van der Waals surface area (Å²) in [5.41, 5.74) is 4.44. The normalized spacial score (nSPS) is 17.5. The summed E-state index contributed by atoms with van der Waals surface area (Å²) >= 11 is 0. The van der Waals surface area contributed by atoms with Crippen LogP contribution in [-0.4, -0.2) is 79.8 Å². The van der Waals surface area contributed by atoms with E-state index in [2.05, 4.69) is 15.0 Å². The van der Waals surface area contributed by atoms with E-state index in [1.807, 2.05) is 47.4 Å². The molecule has 1 aromatic carbocycles. The number of carboxylic acid groups (broad SMARTS) is 2. The highest BCUT2D eigenvalue weighted by Gasteiger charge is 2.41. The average molecular weight is 615 g/mol. The number of carbonyl (C=O) groups is 4. The summed E-state index contributed by atoms with van der Waals surface area (Å²) < 4.78 is 63.5. The number of aromatic amines is 1. The number of nitrogens with zero attached hydrogens (tertiary/aromatic N) is 4. The number of anilines is 1. The minimum Gasteiger partial charge on any atom is -0.475 e. The predicted octanol–water partition coefficient (Wildman–Crippen LogP) is 3.70. The molecule has 2 atom stereocenters. The Balaban J connectivity index is 0.000000303. The summed E-state index contributed by atoms with van der Waals surface area (Å²) in [7, 11) is 1.76. The molecule has 0 aliphatic carbocycles. The number of hydrogen-bond acceptors (Lipinski definition) is 6. The van der Waals surface area contributed by atoms with Crippen molar-refractivity contribution >= 4 is 29.4 Å². The molecule has 11 nitrogen and oxygen atoms in total. The highest BCUT2D eigenvalue weighted by Crippen LogP contribution is 2.40. The molecular weight excluding hydrogens is 592 g/mol. The first-order valence-corrected chi connectivity index (χ1v) is 12.2. The number of carboxylic acids is 2. The number of rotatable bonds is 3. The molecule has 43 heavy (non-hydrogen) atoms. The van der Waals surface area contributed by atoms with Gasteiger partial charge in [-0.1, -0.05) is 24.3 Å². The standard InChI is InChI=1S/C22H21N5O2.2C2HF3O2/c1-26-18-8-3-2-6-14(18)15(22(26)29)12-19(28)27-11-9-16-20(25-13-24-16)21(27)17-7-4-5-10-23-17;2*3-2(4,5)1(6)7/h2-8,10,13,15,21H,9,11-12H2,1H3,(H,24,25);2*(H,6,7). The van der Waals surface area contributed by atoms with Gasteiger partial charge in [-0.15, -0.1) is 0 Å². The number of alkyl halides is 6. The number of amides is 2. The molecule has 0 bridgehead atoms. The largest absolute Gasteiger partial charge is 0.490 e. The number of hydrogen-bond donors (Lipinski definition) is 3. The molecule has 0 fully saturated rings. The van der Waals surface area contributed by atoms with Gasteiger partial charge < -0.3 is 25.0 Å². The molecule has 2 aliphatic heterocycles. The molecule has 230 valence electrons. The van der Waals surface area contributed by atoms with Crippen molar-refractivity contribution in [2.75, 3.05) is 18.5 Å². The monoisotopic (exact) mass is 615 g/mol. The Bertz CT molecular complexity index is 1450. The highest BCUT2D eigenvalue weighted by atomic mass is 19.4. The Labute approximate surface area is 238 Å². The van der Waals surface area contributed by atoms with Gasteiger partial charge in [0, 0.05) is 44.0 Å². The first-order valence-electron chi connectivity index (χ1n) is 12.2. The average Bonchev–Trinajstić information content (AvgIpc) is 3.52. The third kappa shape index (κ3) is 7.66. The van der Waals surface area contributed by atoms with Gasteiger partial charge in [0.05, 0.1) is 23.6 Å². The first-order chi connectivity index (χ1) is 20.0. The van der Waals surface area contributed by atoms with Gasteiger partial charge in [-0.25, -0.2) is 14.6 Å². The van der Waals surface area contributed by atoms with Gasteiger partial charge in [-0.2, -0.15) is 26.3 Å². The molecule has 2 aliphatic rings. The summed E-state index contributed by atoms with van der Waals surface area (Å²) in [5.74, 6) is -6.06. The number of aliphatic carboxylic acids is 2. The van der Waals surface area contributed by atoms with Gasteiger partial charge >= 0.3 is 24.3 Å². The van der Waals surface area contributed by atoms with Crippen LogP contribution in [0.3, 0.4) is 0 Å². The second-order valence-electron chi connectivity index (χ2n) is 9.08. The number of fused-ring (bicyclic) bond motifs is 2. The van der Waals surface area contributed by atoms with Crippen LogP contribution >= 0.6 is 0 Å². The minimum atomic E-state index is -5.08. The number of likely N-dealkylation sites (N-methyl/N-ethyl adjacent to an activating group) is 1. The van der Waals surface area contributed by atoms with Crippen LogP contribution in [0.5, 0.6) is 0 Å². The van der Waals surface area contributed by atoms with Crippen LogP contribution in [-0.2, 0) is 25.6 Å². The zero-order valence-corrected chi connectivity index (χ0v) is 22.1. The smallest absolute Gasteiger partial charge is 0.475 e. The van der Waals surface area contributed by atoms with Crippen LogP contribution in [0.4, 0.5) is 32.0 Å². The van der Waals surface area contributed by atoms with Crippen LogP contribution in [0.2, 0.25) is 0 Å². The van der Waals surface area contributed by atoms with E-state index in [0.29, 0.717) is 13.0 Å². The van der Waals surface area contributed by atoms with Crippen LogP contribution in [0.15, 0.2) is 55.0 Å². The lowest BCUT2D eigenvalue weighted by Crippen LogP contribution is -2.42. The number of benzene rings is 1. The Morgan fingerprint density at radius 1 is 0.953 bits per heavy atom. The third-order valence-corrected chi connectivity index (χ3v) is 6.38. The fourth-order valence-corrected chi connectivity index (χ4v) is 4.44. The summed E-state index contributed by atoms with van der Waals surface area (Å²) in [4.78, 5) is 59.6. The van der Waals surface area contributed by atoms with Gasteiger partial charge in [-0.3, -0.25) is 14.6 Å². The molecule has 0 saturated heterocycles. The zero-order valence-electron chi connectivity index (χ0n) is 22.1. The lowest BCUT2D eigenvalue weighted by atomic mass is 9.94. The number of nitrogens with one attached hydrogen (secondary N) is 1. The van der Waals surface area contributed by atoms with E-state index in [0.717, 1.165) is 28.3 Å². The number of pyridine rings is 1. The molecule has 0 spiro atoms. The third-order valence-electron chi connectivity index (χ3n) is 6.38. The molecule has 4 heterocycles. The van der Waals surface area contributed by atoms with Crippen LogP contribution in [0, 0.1) is 0 Å². The zero-order chi connectivity index (χ0) is 32.1. The van der Waals surface area contributed by atoms with Crippen molar-refractivity contribution < 1.29 is 55.7 Å². The highest BCUT2D eigenvalue weighted by molar-refractivity contribution is 6.06. The first kappa shape index (κ1) is 32.6. The summed E-state index contributed by atoms with van der Waals surface area (Å²) in [6.07, 6.45) is -5.92. The van der Waals surface area contributed by atoms with E-state index in [1.165, 1.54) is 0 Å². The molecule has 17 heteroatoms. The van der Waals surface area contributed by atoms with E-state index in [1.54, 1.807) is 24.5 Å². The lowest BCUT2D eigenvalue weighted by Gasteiger charge is -2.35. The number of carbonyl (C=O) groups excluding carboxylic acids is 2. The van der Waals surface area contributed by atoms with Crippen molar-refractivity contribution in [2.45, 2.75) is 37.2 Å². The molecule has 2 unspecified atom stereocenters. The van der Waals surface area contributed by atoms with E-state index < -0.39 is 30.2 Å². The van der Waals surface area contributed by atoms with Crippen molar-refractivity contribution in [2.24, 2.45) is 0 Å². The van der Waals surface area contributed by atoms with Crippen molar-refractivity contribution in [3.05, 3.63) is 77.6 Å². The molecule has 3 N–H and O–H groups in total. The molecule has 2 amide bonds. The van der Waals surface area contributed by atoms with Gasteiger partial charge in [-0.05, 0) is 23.8 Å². The van der Waals surface area contributed by atoms with Crippen LogP contribution < -0.4 is 4.90 Å². The second-order valence-corrected chi connectivity index (χ2v) is 9.08. The molecule has 5 rings (SSSR count). The van der Waals surface area contributed by atoms with Crippen molar-refractivity contribution in [3.63, 3.8) is 0 Å². The van der Waals surface area contributed by atoms with E-state index >= 15 is 0 Å². The fourth-order valence-electron chi connectivity index (χ4n) is 4.44. The number of aromatic nitrogens is 3. The number of imidazole rings is 1. The van der Waals surface area contributed by atoms with Gasteiger partial charge in [0.2, 0.25) is 11.8 Å². The van der Waals surface area contributed by atoms with Crippen molar-refractivity contribution in [1.29, 1.82) is 0 Å². The Hall–Kier alpha value is -4.96. The quantitative estimate of drug-likeness (QED) is 0.377.